The van der Waals surface area contributed by atoms with E-state index in [2.05, 4.69) is 15.3 Å². The summed E-state index contributed by atoms with van der Waals surface area (Å²) in [6.45, 7) is 0. The highest BCUT2D eigenvalue weighted by molar-refractivity contribution is 6.02. The van der Waals surface area contributed by atoms with Gasteiger partial charge in [0.1, 0.15) is 0 Å². The molecule has 96 valence electrons. The van der Waals surface area contributed by atoms with E-state index in [9.17, 15) is 4.79 Å². The maximum atomic E-state index is 11.1. The zero-order chi connectivity index (χ0) is 13.0. The van der Waals surface area contributed by atoms with E-state index >= 15 is 0 Å². The van der Waals surface area contributed by atoms with Gasteiger partial charge < -0.3 is 10.4 Å². The van der Waals surface area contributed by atoms with Crippen molar-refractivity contribution in [2.45, 2.75) is 25.3 Å². The van der Waals surface area contributed by atoms with Gasteiger partial charge in [-0.2, -0.15) is 0 Å². The summed E-state index contributed by atoms with van der Waals surface area (Å²) in [5, 5.41) is 13.0. The topological polar surface area (TPSA) is 75.1 Å². The minimum absolute atomic E-state index is 0.245. The Balaban J connectivity index is 1.69. The van der Waals surface area contributed by atoms with E-state index in [1.54, 1.807) is 18.3 Å². The number of rotatable bonds is 3. The Bertz CT molecular complexity index is 694. The number of carboxylic acids is 1. The van der Waals surface area contributed by atoms with E-state index in [1.165, 1.54) is 19.3 Å². The highest BCUT2D eigenvalue weighted by atomic mass is 16.4. The Kier molecular flexibility index (Phi) is 1.94. The highest BCUT2D eigenvalue weighted by Gasteiger charge is 2.63. The smallest absolute Gasteiger partial charge is 0.336 e. The SMILES string of the molecule is O=C(O)c1cccc2nc(NC3CC34CC4)ncc12. The molecule has 4 rings (SSSR count). The van der Waals surface area contributed by atoms with Crippen LogP contribution in [-0.4, -0.2) is 27.1 Å². The first-order chi connectivity index (χ1) is 9.18. The molecule has 1 heterocycles. The summed E-state index contributed by atoms with van der Waals surface area (Å²) in [7, 11) is 0. The van der Waals surface area contributed by atoms with Gasteiger partial charge in [0.25, 0.3) is 0 Å². The van der Waals surface area contributed by atoms with Crippen LogP contribution in [0.1, 0.15) is 29.6 Å². The summed E-state index contributed by atoms with van der Waals surface area (Å²) >= 11 is 0. The lowest BCUT2D eigenvalue weighted by Crippen LogP contribution is -2.08. The second-order valence-corrected chi connectivity index (χ2v) is 5.50. The number of fused-ring (bicyclic) bond motifs is 1. The molecule has 0 aliphatic heterocycles. The van der Waals surface area contributed by atoms with Gasteiger partial charge in [-0.25, -0.2) is 14.8 Å². The number of nitrogens with one attached hydrogen (secondary N) is 1. The van der Waals surface area contributed by atoms with E-state index < -0.39 is 5.97 Å². The zero-order valence-electron chi connectivity index (χ0n) is 10.3. The number of aromatic carboxylic acids is 1. The number of nitrogens with zero attached hydrogens (tertiary/aromatic N) is 2. The summed E-state index contributed by atoms with van der Waals surface area (Å²) in [5.41, 5.74) is 1.46. The third kappa shape index (κ3) is 1.65. The third-order valence-electron chi connectivity index (χ3n) is 4.24. The van der Waals surface area contributed by atoms with Gasteiger partial charge in [0.05, 0.1) is 11.1 Å². The molecule has 2 saturated carbocycles. The molecule has 5 nitrogen and oxygen atoms in total. The van der Waals surface area contributed by atoms with Crippen LogP contribution >= 0.6 is 0 Å². The number of hydrogen-bond acceptors (Lipinski definition) is 4. The van der Waals surface area contributed by atoms with Gasteiger partial charge in [-0.05, 0) is 36.8 Å². The second-order valence-electron chi connectivity index (χ2n) is 5.50. The van der Waals surface area contributed by atoms with Crippen LogP contribution in [0.15, 0.2) is 24.4 Å². The number of carbonyl (C=O) groups is 1. The lowest BCUT2D eigenvalue weighted by Gasteiger charge is -2.06. The summed E-state index contributed by atoms with van der Waals surface area (Å²) in [6.07, 6.45) is 5.42. The van der Waals surface area contributed by atoms with Gasteiger partial charge >= 0.3 is 5.97 Å². The summed E-state index contributed by atoms with van der Waals surface area (Å²) in [5.74, 6) is -0.349. The Labute approximate surface area is 109 Å². The molecule has 1 aromatic carbocycles. The minimum atomic E-state index is -0.950. The van der Waals surface area contributed by atoms with Gasteiger partial charge in [0.2, 0.25) is 5.95 Å². The quantitative estimate of drug-likeness (QED) is 0.880. The first-order valence-electron chi connectivity index (χ1n) is 6.44. The maximum absolute atomic E-state index is 11.1. The molecular weight excluding hydrogens is 242 g/mol. The Hall–Kier alpha value is -2.17. The predicted molar refractivity (Wildman–Crippen MR) is 70.2 cm³/mol. The Morgan fingerprint density at radius 1 is 1.42 bits per heavy atom. The van der Waals surface area contributed by atoms with E-state index in [-0.39, 0.29) is 5.56 Å². The predicted octanol–water partition coefficient (Wildman–Crippen LogP) is 2.29. The number of anilines is 1. The van der Waals surface area contributed by atoms with Crippen molar-refractivity contribution in [1.29, 1.82) is 0 Å². The summed E-state index contributed by atoms with van der Waals surface area (Å²) < 4.78 is 0. The van der Waals surface area contributed by atoms with Gasteiger partial charge in [-0.1, -0.05) is 6.07 Å². The van der Waals surface area contributed by atoms with Crippen LogP contribution in [0.4, 0.5) is 5.95 Å². The standard InChI is InChI=1S/C14H13N3O2/c18-12(19)8-2-1-3-10-9(8)7-15-13(16-10)17-11-6-14(11)4-5-14/h1-3,7,11H,4-6H2,(H,18,19)(H,15,16,17). The van der Waals surface area contributed by atoms with Crippen LogP contribution < -0.4 is 5.32 Å². The molecule has 5 heteroatoms. The Morgan fingerprint density at radius 2 is 2.26 bits per heavy atom. The molecular formula is C14H13N3O2. The summed E-state index contributed by atoms with van der Waals surface area (Å²) in [4.78, 5) is 19.8. The Morgan fingerprint density at radius 3 is 2.95 bits per heavy atom. The second kappa shape index (κ2) is 3.44. The summed E-state index contributed by atoms with van der Waals surface area (Å²) in [6, 6.07) is 5.60. The zero-order valence-corrected chi connectivity index (χ0v) is 10.3. The number of carboxylic acid groups (broad SMARTS) is 1. The molecule has 19 heavy (non-hydrogen) atoms. The van der Waals surface area contributed by atoms with Crippen molar-refractivity contribution in [1.82, 2.24) is 9.97 Å². The van der Waals surface area contributed by atoms with Crippen molar-refractivity contribution in [3.8, 4) is 0 Å². The monoisotopic (exact) mass is 255 g/mol. The molecule has 1 atom stereocenters. The first-order valence-corrected chi connectivity index (χ1v) is 6.44. The van der Waals surface area contributed by atoms with Gasteiger partial charge in [-0.3, -0.25) is 0 Å². The highest BCUT2D eigenvalue weighted by Crippen LogP contribution is 2.66. The minimum Gasteiger partial charge on any atom is -0.478 e. The average Bonchev–Trinajstić information content (AvgIpc) is 3.30. The molecule has 2 fully saturated rings. The average molecular weight is 255 g/mol. The largest absolute Gasteiger partial charge is 0.478 e. The molecule has 2 aromatic rings. The van der Waals surface area contributed by atoms with Crippen LogP contribution in [0, 0.1) is 5.41 Å². The normalized spacial score (nSPS) is 22.4. The molecule has 0 amide bonds. The lowest BCUT2D eigenvalue weighted by atomic mass is 10.1. The van der Waals surface area contributed by atoms with Gasteiger partial charge in [-0.15, -0.1) is 0 Å². The van der Waals surface area contributed by atoms with Crippen molar-refractivity contribution < 1.29 is 9.90 Å². The van der Waals surface area contributed by atoms with Crippen LogP contribution in [0.3, 0.4) is 0 Å². The molecule has 0 bridgehead atoms. The van der Waals surface area contributed by atoms with Gasteiger partial charge in [0, 0.05) is 17.6 Å². The van der Waals surface area contributed by atoms with Crippen LogP contribution in [0.25, 0.3) is 10.9 Å². The van der Waals surface area contributed by atoms with E-state index in [1.807, 2.05) is 6.07 Å². The fourth-order valence-corrected chi connectivity index (χ4v) is 2.73. The molecule has 2 aliphatic carbocycles. The van der Waals surface area contributed by atoms with Crippen molar-refractivity contribution in [2.75, 3.05) is 5.32 Å². The first kappa shape index (κ1) is 10.7. The lowest BCUT2D eigenvalue weighted by molar-refractivity contribution is 0.0699. The fraction of sp³-hybridized carbons (Fsp3) is 0.357. The molecule has 1 spiro atoms. The van der Waals surface area contributed by atoms with E-state index in [4.69, 9.17) is 5.11 Å². The molecule has 2 N–H and O–H groups in total. The maximum Gasteiger partial charge on any atom is 0.336 e. The van der Waals surface area contributed by atoms with Crippen LogP contribution in [0.2, 0.25) is 0 Å². The third-order valence-corrected chi connectivity index (χ3v) is 4.24. The molecule has 1 unspecified atom stereocenters. The van der Waals surface area contributed by atoms with E-state index in [0.717, 1.165) is 0 Å². The molecule has 0 saturated heterocycles. The molecule has 0 radical (unpaired) electrons. The number of hydrogen-bond donors (Lipinski definition) is 2. The van der Waals surface area contributed by atoms with Crippen molar-refractivity contribution in [3.05, 3.63) is 30.0 Å². The fourth-order valence-electron chi connectivity index (χ4n) is 2.73. The van der Waals surface area contributed by atoms with E-state index in [0.29, 0.717) is 28.3 Å². The van der Waals surface area contributed by atoms with Crippen molar-refractivity contribution in [2.24, 2.45) is 5.41 Å². The van der Waals surface area contributed by atoms with Crippen molar-refractivity contribution in [3.63, 3.8) is 0 Å². The van der Waals surface area contributed by atoms with Crippen molar-refractivity contribution >= 4 is 22.8 Å². The number of benzene rings is 1. The van der Waals surface area contributed by atoms with Crippen LogP contribution in [-0.2, 0) is 0 Å². The van der Waals surface area contributed by atoms with Gasteiger partial charge in [0.15, 0.2) is 0 Å². The number of aromatic nitrogens is 2. The van der Waals surface area contributed by atoms with Crippen LogP contribution in [0.5, 0.6) is 0 Å². The molecule has 1 aromatic heterocycles. The molecule has 2 aliphatic rings.